The molecule has 18 heavy (non-hydrogen) atoms. The van der Waals surface area contributed by atoms with Crippen molar-refractivity contribution < 1.29 is 4.74 Å². The largest absolute Gasteiger partial charge is 0.380 e. The van der Waals surface area contributed by atoms with Crippen LogP contribution in [0.1, 0.15) is 31.9 Å². The van der Waals surface area contributed by atoms with E-state index in [-0.39, 0.29) is 0 Å². The highest BCUT2D eigenvalue weighted by molar-refractivity contribution is 5.46. The minimum atomic E-state index is 0.293. The summed E-state index contributed by atoms with van der Waals surface area (Å²) in [6.07, 6.45) is 1.14. The standard InChI is InChI=1S/C15H26N2O/c1-5-11-16-15(12-18-6-2)13-7-9-14(10-8-13)17(3)4/h7-10,15-16H,5-6,11-12H2,1-4H3. The summed E-state index contributed by atoms with van der Waals surface area (Å²) in [5, 5.41) is 3.53. The van der Waals surface area contributed by atoms with Crippen LogP contribution in [-0.2, 0) is 4.74 Å². The number of nitrogens with zero attached hydrogens (tertiary/aromatic N) is 1. The first-order valence-electron chi connectivity index (χ1n) is 6.77. The fraction of sp³-hybridized carbons (Fsp3) is 0.600. The molecule has 0 aliphatic rings. The summed E-state index contributed by atoms with van der Waals surface area (Å²) in [5.74, 6) is 0. The molecule has 0 aromatic heterocycles. The van der Waals surface area contributed by atoms with Gasteiger partial charge in [0.25, 0.3) is 0 Å². The van der Waals surface area contributed by atoms with E-state index in [0.29, 0.717) is 6.04 Å². The van der Waals surface area contributed by atoms with Crippen LogP contribution in [0.15, 0.2) is 24.3 Å². The monoisotopic (exact) mass is 250 g/mol. The summed E-state index contributed by atoms with van der Waals surface area (Å²) < 4.78 is 5.55. The molecule has 1 unspecified atom stereocenters. The third-order valence-electron chi connectivity index (χ3n) is 2.94. The lowest BCUT2D eigenvalue weighted by molar-refractivity contribution is 0.123. The fourth-order valence-corrected chi connectivity index (χ4v) is 1.83. The molecule has 1 rings (SSSR count). The van der Waals surface area contributed by atoms with Gasteiger partial charge in [-0.25, -0.2) is 0 Å². The van der Waals surface area contributed by atoms with E-state index in [1.165, 1.54) is 11.3 Å². The van der Waals surface area contributed by atoms with Gasteiger partial charge in [0.2, 0.25) is 0 Å². The molecule has 1 atom stereocenters. The van der Waals surface area contributed by atoms with Crippen molar-refractivity contribution >= 4 is 5.69 Å². The van der Waals surface area contributed by atoms with E-state index in [0.717, 1.165) is 26.2 Å². The maximum absolute atomic E-state index is 5.55. The van der Waals surface area contributed by atoms with Gasteiger partial charge < -0.3 is 15.0 Å². The van der Waals surface area contributed by atoms with E-state index in [9.17, 15) is 0 Å². The number of hydrogen-bond acceptors (Lipinski definition) is 3. The predicted octanol–water partition coefficient (Wildman–Crippen LogP) is 2.83. The lowest BCUT2D eigenvalue weighted by atomic mass is 10.1. The first-order chi connectivity index (χ1) is 8.69. The van der Waals surface area contributed by atoms with Gasteiger partial charge in [0.1, 0.15) is 0 Å². The minimum Gasteiger partial charge on any atom is -0.380 e. The van der Waals surface area contributed by atoms with Crippen LogP contribution in [0.2, 0.25) is 0 Å². The Balaban J connectivity index is 2.70. The van der Waals surface area contributed by atoms with Crippen LogP contribution < -0.4 is 10.2 Å². The molecule has 0 fully saturated rings. The van der Waals surface area contributed by atoms with Gasteiger partial charge in [-0.2, -0.15) is 0 Å². The predicted molar refractivity (Wildman–Crippen MR) is 78.3 cm³/mol. The van der Waals surface area contributed by atoms with Gasteiger partial charge in [-0.15, -0.1) is 0 Å². The Morgan fingerprint density at radius 2 is 1.83 bits per heavy atom. The molecule has 0 amide bonds. The number of rotatable bonds is 8. The maximum Gasteiger partial charge on any atom is 0.0661 e. The minimum absolute atomic E-state index is 0.293. The third-order valence-corrected chi connectivity index (χ3v) is 2.94. The second-order valence-corrected chi connectivity index (χ2v) is 4.65. The van der Waals surface area contributed by atoms with Gasteiger partial charge in [0.05, 0.1) is 12.6 Å². The van der Waals surface area contributed by atoms with Gasteiger partial charge >= 0.3 is 0 Å². The first-order valence-corrected chi connectivity index (χ1v) is 6.77. The van der Waals surface area contributed by atoms with Crippen LogP contribution in [0.25, 0.3) is 0 Å². The number of hydrogen-bond donors (Lipinski definition) is 1. The van der Waals surface area contributed by atoms with Crippen LogP contribution in [0.5, 0.6) is 0 Å². The normalized spacial score (nSPS) is 12.4. The third kappa shape index (κ3) is 4.67. The first kappa shape index (κ1) is 15.0. The molecule has 0 aliphatic heterocycles. The SMILES string of the molecule is CCCNC(COCC)c1ccc(N(C)C)cc1. The quantitative estimate of drug-likeness (QED) is 0.768. The lowest BCUT2D eigenvalue weighted by Crippen LogP contribution is -2.26. The molecule has 1 aromatic rings. The Morgan fingerprint density at radius 3 is 2.33 bits per heavy atom. The summed E-state index contributed by atoms with van der Waals surface area (Å²) in [5.41, 5.74) is 2.52. The second-order valence-electron chi connectivity index (χ2n) is 4.65. The lowest BCUT2D eigenvalue weighted by Gasteiger charge is -2.20. The van der Waals surface area contributed by atoms with Crippen molar-refractivity contribution in [1.29, 1.82) is 0 Å². The van der Waals surface area contributed by atoms with Crippen molar-refractivity contribution in [2.24, 2.45) is 0 Å². The fourth-order valence-electron chi connectivity index (χ4n) is 1.83. The molecule has 0 radical (unpaired) electrons. The smallest absolute Gasteiger partial charge is 0.0661 e. The second kappa shape index (κ2) is 8.11. The zero-order valence-corrected chi connectivity index (χ0v) is 12.1. The summed E-state index contributed by atoms with van der Waals surface area (Å²) in [4.78, 5) is 2.11. The van der Waals surface area contributed by atoms with Crippen LogP contribution in [0.3, 0.4) is 0 Å². The molecule has 0 heterocycles. The van der Waals surface area contributed by atoms with Crippen molar-refractivity contribution in [2.45, 2.75) is 26.3 Å². The summed E-state index contributed by atoms with van der Waals surface area (Å²) in [6, 6.07) is 8.97. The summed E-state index contributed by atoms with van der Waals surface area (Å²) >= 11 is 0. The van der Waals surface area contributed by atoms with Crippen LogP contribution in [-0.4, -0.2) is 33.9 Å². The molecule has 0 saturated heterocycles. The van der Waals surface area contributed by atoms with Gasteiger partial charge in [-0.3, -0.25) is 0 Å². The molecular weight excluding hydrogens is 224 g/mol. The van der Waals surface area contributed by atoms with E-state index in [1.54, 1.807) is 0 Å². The Bertz CT molecular complexity index is 314. The van der Waals surface area contributed by atoms with Crippen LogP contribution >= 0.6 is 0 Å². The van der Waals surface area contributed by atoms with Crippen molar-refractivity contribution in [3.8, 4) is 0 Å². The molecule has 1 aromatic carbocycles. The maximum atomic E-state index is 5.55. The van der Waals surface area contributed by atoms with Gasteiger partial charge in [0, 0.05) is 26.4 Å². The van der Waals surface area contributed by atoms with Crippen LogP contribution in [0.4, 0.5) is 5.69 Å². The molecule has 3 heteroatoms. The summed E-state index contributed by atoms with van der Waals surface area (Å²) in [6.45, 7) is 6.73. The number of ether oxygens (including phenoxy) is 1. The zero-order valence-electron chi connectivity index (χ0n) is 12.1. The number of benzene rings is 1. The Hall–Kier alpha value is -1.06. The number of nitrogens with one attached hydrogen (secondary N) is 1. The average Bonchev–Trinajstić information content (AvgIpc) is 2.39. The van der Waals surface area contributed by atoms with E-state index < -0.39 is 0 Å². The molecule has 3 nitrogen and oxygen atoms in total. The average molecular weight is 250 g/mol. The summed E-state index contributed by atoms with van der Waals surface area (Å²) in [7, 11) is 4.12. The van der Waals surface area contributed by atoms with Crippen molar-refractivity contribution in [3.05, 3.63) is 29.8 Å². The zero-order chi connectivity index (χ0) is 13.4. The van der Waals surface area contributed by atoms with Crippen molar-refractivity contribution in [2.75, 3.05) is 38.8 Å². The van der Waals surface area contributed by atoms with Crippen LogP contribution in [0, 0.1) is 0 Å². The van der Waals surface area contributed by atoms with Crippen molar-refractivity contribution in [1.82, 2.24) is 5.32 Å². The molecule has 0 aliphatic carbocycles. The Morgan fingerprint density at radius 1 is 1.17 bits per heavy atom. The van der Waals surface area contributed by atoms with Gasteiger partial charge in [-0.05, 0) is 37.6 Å². The van der Waals surface area contributed by atoms with Gasteiger partial charge in [-0.1, -0.05) is 19.1 Å². The van der Waals surface area contributed by atoms with E-state index in [2.05, 4.69) is 55.5 Å². The Labute approximate surface area is 111 Å². The van der Waals surface area contributed by atoms with Gasteiger partial charge in [0.15, 0.2) is 0 Å². The highest BCUT2D eigenvalue weighted by atomic mass is 16.5. The Kier molecular flexibility index (Phi) is 6.76. The molecule has 0 saturated carbocycles. The molecule has 102 valence electrons. The molecular formula is C15H26N2O. The molecule has 0 bridgehead atoms. The van der Waals surface area contributed by atoms with E-state index >= 15 is 0 Å². The number of anilines is 1. The topological polar surface area (TPSA) is 24.5 Å². The highest BCUT2D eigenvalue weighted by Crippen LogP contribution is 2.18. The van der Waals surface area contributed by atoms with Crippen molar-refractivity contribution in [3.63, 3.8) is 0 Å². The van der Waals surface area contributed by atoms with E-state index in [1.807, 2.05) is 6.92 Å². The van der Waals surface area contributed by atoms with E-state index in [4.69, 9.17) is 4.74 Å². The molecule has 0 spiro atoms. The highest BCUT2D eigenvalue weighted by Gasteiger charge is 2.10. The molecule has 1 N–H and O–H groups in total.